The predicted octanol–water partition coefficient (Wildman–Crippen LogP) is 2.91. The molecule has 0 aliphatic heterocycles. The lowest BCUT2D eigenvalue weighted by Gasteiger charge is -2.17. The second-order valence-electron chi connectivity index (χ2n) is 5.34. The SMILES string of the molecule is COc1cc(Cl)c(C(=O)N(C)C(=O)NCc2ccc(C#N)cc2)cc1O. The lowest BCUT2D eigenvalue weighted by atomic mass is 10.1. The predicted molar refractivity (Wildman–Crippen MR) is 95.2 cm³/mol. The summed E-state index contributed by atoms with van der Waals surface area (Å²) in [6.45, 7) is 0.184. The van der Waals surface area contributed by atoms with Gasteiger partial charge in [0.1, 0.15) is 0 Å². The summed E-state index contributed by atoms with van der Waals surface area (Å²) in [7, 11) is 2.66. The Labute approximate surface area is 155 Å². The number of urea groups is 1. The van der Waals surface area contributed by atoms with Gasteiger partial charge in [0.25, 0.3) is 5.91 Å². The van der Waals surface area contributed by atoms with Crippen LogP contribution >= 0.6 is 11.6 Å². The summed E-state index contributed by atoms with van der Waals surface area (Å²) >= 11 is 6.03. The van der Waals surface area contributed by atoms with E-state index in [2.05, 4.69) is 5.32 Å². The molecule has 2 aromatic rings. The fraction of sp³-hybridized carbons (Fsp3) is 0.167. The molecule has 2 rings (SSSR count). The van der Waals surface area contributed by atoms with Gasteiger partial charge >= 0.3 is 6.03 Å². The zero-order chi connectivity index (χ0) is 19.3. The minimum absolute atomic E-state index is 0.0269. The van der Waals surface area contributed by atoms with E-state index in [4.69, 9.17) is 21.6 Å². The number of hydrogen-bond donors (Lipinski definition) is 2. The largest absolute Gasteiger partial charge is 0.504 e. The van der Waals surface area contributed by atoms with Crippen molar-refractivity contribution in [2.45, 2.75) is 6.54 Å². The number of carbonyl (C=O) groups excluding carboxylic acids is 2. The molecular formula is C18H16ClN3O4. The van der Waals surface area contributed by atoms with E-state index in [-0.39, 0.29) is 28.6 Å². The van der Waals surface area contributed by atoms with Crippen LogP contribution in [0.5, 0.6) is 11.5 Å². The van der Waals surface area contributed by atoms with Crippen LogP contribution in [0.3, 0.4) is 0 Å². The van der Waals surface area contributed by atoms with Crippen molar-refractivity contribution in [2.75, 3.05) is 14.2 Å². The molecule has 3 amide bonds. The third kappa shape index (κ3) is 4.23. The maximum atomic E-state index is 12.4. The molecule has 0 saturated carbocycles. The van der Waals surface area contributed by atoms with Gasteiger partial charge in [-0.05, 0) is 23.8 Å². The zero-order valence-electron chi connectivity index (χ0n) is 14.1. The van der Waals surface area contributed by atoms with Crippen molar-refractivity contribution in [1.82, 2.24) is 10.2 Å². The molecule has 0 radical (unpaired) electrons. The minimum Gasteiger partial charge on any atom is -0.504 e. The number of carbonyl (C=O) groups is 2. The van der Waals surface area contributed by atoms with Crippen LogP contribution in [0.4, 0.5) is 4.79 Å². The fourth-order valence-corrected chi connectivity index (χ4v) is 2.37. The van der Waals surface area contributed by atoms with E-state index in [1.807, 2.05) is 6.07 Å². The molecule has 0 unspecified atom stereocenters. The van der Waals surface area contributed by atoms with Crippen molar-refractivity contribution in [3.63, 3.8) is 0 Å². The Morgan fingerprint density at radius 3 is 2.54 bits per heavy atom. The van der Waals surface area contributed by atoms with Gasteiger partial charge in [-0.25, -0.2) is 4.79 Å². The van der Waals surface area contributed by atoms with Crippen molar-refractivity contribution < 1.29 is 19.4 Å². The van der Waals surface area contributed by atoms with Gasteiger partial charge in [0.2, 0.25) is 0 Å². The summed E-state index contributed by atoms with van der Waals surface area (Å²) in [5.74, 6) is -0.809. The number of hydrogen-bond acceptors (Lipinski definition) is 5. The standard InChI is InChI=1S/C18H16ClN3O4/c1-22(17(24)13-7-15(23)16(26-2)8-14(13)19)18(25)21-10-12-5-3-11(9-20)4-6-12/h3-8,23H,10H2,1-2H3,(H,21,25). The van der Waals surface area contributed by atoms with Crippen LogP contribution in [0, 0.1) is 11.3 Å². The quantitative estimate of drug-likeness (QED) is 0.857. The molecule has 0 bridgehead atoms. The molecule has 0 saturated heterocycles. The molecule has 0 aromatic heterocycles. The fourth-order valence-electron chi connectivity index (χ4n) is 2.14. The number of imide groups is 1. The zero-order valence-corrected chi connectivity index (χ0v) is 14.9. The molecule has 0 heterocycles. The Morgan fingerprint density at radius 2 is 1.96 bits per heavy atom. The van der Waals surface area contributed by atoms with Crippen LogP contribution in [-0.2, 0) is 6.54 Å². The molecule has 2 N–H and O–H groups in total. The molecule has 2 aromatic carbocycles. The van der Waals surface area contributed by atoms with Gasteiger partial charge in [0.15, 0.2) is 11.5 Å². The number of phenols is 1. The molecule has 0 aliphatic carbocycles. The number of benzene rings is 2. The van der Waals surface area contributed by atoms with Gasteiger partial charge in [-0.1, -0.05) is 23.7 Å². The highest BCUT2D eigenvalue weighted by Crippen LogP contribution is 2.32. The van der Waals surface area contributed by atoms with Gasteiger partial charge in [-0.15, -0.1) is 0 Å². The smallest absolute Gasteiger partial charge is 0.324 e. The summed E-state index contributed by atoms with van der Waals surface area (Å²) in [4.78, 5) is 25.5. The number of amides is 3. The molecular weight excluding hydrogens is 358 g/mol. The van der Waals surface area contributed by atoms with E-state index < -0.39 is 11.9 Å². The van der Waals surface area contributed by atoms with Crippen LogP contribution < -0.4 is 10.1 Å². The van der Waals surface area contributed by atoms with E-state index >= 15 is 0 Å². The number of ether oxygens (including phenoxy) is 1. The number of nitrogens with one attached hydrogen (secondary N) is 1. The Bertz CT molecular complexity index is 875. The molecule has 0 aliphatic rings. The van der Waals surface area contributed by atoms with Crippen molar-refractivity contribution in [2.24, 2.45) is 0 Å². The van der Waals surface area contributed by atoms with Gasteiger partial charge in [-0.2, -0.15) is 5.26 Å². The molecule has 8 heteroatoms. The molecule has 7 nitrogen and oxygen atoms in total. The number of halogens is 1. The Balaban J connectivity index is 2.06. The van der Waals surface area contributed by atoms with E-state index in [1.165, 1.54) is 20.2 Å². The summed E-state index contributed by atoms with van der Waals surface area (Å²) < 4.78 is 4.91. The number of nitrogens with zero attached hydrogens (tertiary/aromatic N) is 2. The first-order chi connectivity index (χ1) is 12.4. The van der Waals surface area contributed by atoms with Gasteiger partial charge < -0.3 is 15.2 Å². The van der Waals surface area contributed by atoms with Gasteiger partial charge in [-0.3, -0.25) is 9.69 Å². The maximum Gasteiger partial charge on any atom is 0.324 e. The Kier molecular flexibility index (Phi) is 6.04. The maximum absolute atomic E-state index is 12.4. The molecule has 134 valence electrons. The van der Waals surface area contributed by atoms with Crippen molar-refractivity contribution in [3.8, 4) is 17.6 Å². The second kappa shape index (κ2) is 8.23. The van der Waals surface area contributed by atoms with E-state index in [0.29, 0.717) is 5.56 Å². The Hall–Kier alpha value is -3.24. The molecule has 26 heavy (non-hydrogen) atoms. The Morgan fingerprint density at radius 1 is 1.31 bits per heavy atom. The van der Waals surface area contributed by atoms with E-state index in [0.717, 1.165) is 16.5 Å². The average Bonchev–Trinajstić information content (AvgIpc) is 2.66. The summed E-state index contributed by atoms with van der Waals surface area (Å²) in [5, 5.41) is 21.2. The highest BCUT2D eigenvalue weighted by Gasteiger charge is 2.22. The monoisotopic (exact) mass is 373 g/mol. The number of nitriles is 1. The van der Waals surface area contributed by atoms with Crippen LogP contribution in [0.25, 0.3) is 0 Å². The molecule has 0 spiro atoms. The highest BCUT2D eigenvalue weighted by atomic mass is 35.5. The lowest BCUT2D eigenvalue weighted by Crippen LogP contribution is -2.40. The van der Waals surface area contributed by atoms with Crippen molar-refractivity contribution in [1.29, 1.82) is 5.26 Å². The third-order valence-corrected chi connectivity index (χ3v) is 3.95. The lowest BCUT2D eigenvalue weighted by molar-refractivity contribution is 0.0830. The minimum atomic E-state index is -0.676. The second-order valence-corrected chi connectivity index (χ2v) is 5.74. The molecule has 0 fully saturated rings. The van der Waals surface area contributed by atoms with Crippen LogP contribution in [-0.4, -0.2) is 36.1 Å². The third-order valence-electron chi connectivity index (χ3n) is 3.63. The van der Waals surface area contributed by atoms with Crippen LogP contribution in [0.1, 0.15) is 21.5 Å². The van der Waals surface area contributed by atoms with E-state index in [1.54, 1.807) is 24.3 Å². The summed E-state index contributed by atoms with van der Waals surface area (Å²) in [5.41, 5.74) is 1.26. The van der Waals surface area contributed by atoms with Gasteiger partial charge in [0, 0.05) is 19.7 Å². The van der Waals surface area contributed by atoms with Crippen LogP contribution in [0.2, 0.25) is 5.02 Å². The number of phenolic OH excluding ortho intramolecular Hbond substituents is 1. The summed E-state index contributed by atoms with van der Waals surface area (Å²) in [6.07, 6.45) is 0. The summed E-state index contributed by atoms with van der Waals surface area (Å²) in [6, 6.07) is 10.5. The van der Waals surface area contributed by atoms with E-state index in [9.17, 15) is 14.7 Å². The number of rotatable bonds is 4. The topological polar surface area (TPSA) is 103 Å². The van der Waals surface area contributed by atoms with Crippen molar-refractivity contribution in [3.05, 3.63) is 58.1 Å². The first-order valence-corrected chi connectivity index (χ1v) is 7.86. The first-order valence-electron chi connectivity index (χ1n) is 7.48. The van der Waals surface area contributed by atoms with Crippen LogP contribution in [0.15, 0.2) is 36.4 Å². The first kappa shape index (κ1) is 19.1. The normalized spacial score (nSPS) is 9.92. The van der Waals surface area contributed by atoms with Gasteiger partial charge in [0.05, 0.1) is 29.3 Å². The number of aromatic hydroxyl groups is 1. The molecule has 0 atom stereocenters. The number of methoxy groups -OCH3 is 1. The highest BCUT2D eigenvalue weighted by molar-refractivity contribution is 6.34. The average molecular weight is 374 g/mol. The van der Waals surface area contributed by atoms with Crippen molar-refractivity contribution >= 4 is 23.5 Å².